The fourth-order valence-corrected chi connectivity index (χ4v) is 3.81. The number of hydrogen-bond acceptors (Lipinski definition) is 5. The van der Waals surface area contributed by atoms with Crippen molar-refractivity contribution < 1.29 is 9.59 Å². The average Bonchev–Trinajstić information content (AvgIpc) is 3.06. The van der Waals surface area contributed by atoms with Crippen LogP contribution in [0.1, 0.15) is 36.5 Å². The molecule has 1 heterocycles. The summed E-state index contributed by atoms with van der Waals surface area (Å²) in [5.41, 5.74) is 4.21. The third kappa shape index (κ3) is 5.62. The summed E-state index contributed by atoms with van der Waals surface area (Å²) in [6.07, 6.45) is 1.76. The van der Waals surface area contributed by atoms with Crippen LogP contribution < -0.4 is 10.2 Å². The molecule has 0 unspecified atom stereocenters. The van der Waals surface area contributed by atoms with Gasteiger partial charge in [-0.3, -0.25) is 14.5 Å². The minimum absolute atomic E-state index is 0.0516. The highest BCUT2D eigenvalue weighted by Crippen LogP contribution is 2.29. The molecule has 2 aromatic carbocycles. The second-order valence-corrected chi connectivity index (χ2v) is 8.39. The number of amidine groups is 1. The van der Waals surface area contributed by atoms with Crippen LogP contribution in [0.25, 0.3) is 6.08 Å². The second kappa shape index (κ2) is 10.1. The highest BCUT2D eigenvalue weighted by molar-refractivity contribution is 8.14. The Morgan fingerprint density at radius 2 is 1.87 bits per heavy atom. The number of benzene rings is 2. The van der Waals surface area contributed by atoms with Gasteiger partial charge in [0.15, 0.2) is 5.17 Å². The van der Waals surface area contributed by atoms with Gasteiger partial charge in [-0.2, -0.15) is 5.26 Å². The van der Waals surface area contributed by atoms with Gasteiger partial charge in [0.2, 0.25) is 5.91 Å². The van der Waals surface area contributed by atoms with Gasteiger partial charge >= 0.3 is 0 Å². The van der Waals surface area contributed by atoms with Gasteiger partial charge in [0, 0.05) is 0 Å². The average molecular weight is 433 g/mol. The third-order valence-electron chi connectivity index (χ3n) is 4.73. The van der Waals surface area contributed by atoms with Crippen molar-refractivity contribution >= 4 is 40.5 Å². The van der Waals surface area contributed by atoms with Gasteiger partial charge < -0.3 is 5.32 Å². The first kappa shape index (κ1) is 22.3. The van der Waals surface area contributed by atoms with E-state index in [4.69, 9.17) is 5.26 Å². The van der Waals surface area contributed by atoms with Gasteiger partial charge in [0.05, 0.1) is 17.5 Å². The Morgan fingerprint density at radius 1 is 1.19 bits per heavy atom. The van der Waals surface area contributed by atoms with Crippen molar-refractivity contribution in [1.29, 1.82) is 5.26 Å². The monoisotopic (exact) mass is 432 g/mol. The van der Waals surface area contributed by atoms with E-state index in [0.29, 0.717) is 22.5 Å². The number of carbonyl (C=O) groups is 2. The molecule has 6 nitrogen and oxygen atoms in total. The van der Waals surface area contributed by atoms with Crippen molar-refractivity contribution in [2.75, 3.05) is 17.2 Å². The van der Waals surface area contributed by atoms with Crippen molar-refractivity contribution in [2.24, 2.45) is 4.99 Å². The van der Waals surface area contributed by atoms with Gasteiger partial charge in [-0.05, 0) is 42.2 Å². The molecule has 158 valence electrons. The lowest BCUT2D eigenvalue weighted by molar-refractivity contribution is -0.118. The van der Waals surface area contributed by atoms with Crippen molar-refractivity contribution in [1.82, 2.24) is 5.32 Å². The molecule has 0 bridgehead atoms. The van der Waals surface area contributed by atoms with E-state index in [1.807, 2.05) is 61.5 Å². The number of nitrogens with one attached hydrogen (secondary N) is 1. The molecule has 0 aliphatic carbocycles. The van der Waals surface area contributed by atoms with E-state index >= 15 is 0 Å². The number of aliphatic imine (C=N–C) groups is 1. The molecular weight excluding hydrogens is 408 g/mol. The fourth-order valence-electron chi connectivity index (χ4n) is 2.97. The van der Waals surface area contributed by atoms with Gasteiger partial charge in [-0.25, -0.2) is 4.99 Å². The summed E-state index contributed by atoms with van der Waals surface area (Å²) < 4.78 is 0. The van der Waals surface area contributed by atoms with Crippen molar-refractivity contribution in [3.63, 3.8) is 0 Å². The molecule has 2 amide bonds. The summed E-state index contributed by atoms with van der Waals surface area (Å²) in [5.74, 6) is -0.0315. The summed E-state index contributed by atoms with van der Waals surface area (Å²) in [7, 11) is 0. The predicted octanol–water partition coefficient (Wildman–Crippen LogP) is 4.24. The molecule has 1 aliphatic rings. The summed E-state index contributed by atoms with van der Waals surface area (Å²) >= 11 is 1.17. The number of amides is 2. The number of hydrogen-bond donors (Lipinski definition) is 1. The number of nitriles is 1. The summed E-state index contributed by atoms with van der Waals surface area (Å²) in [4.78, 5) is 31.2. The summed E-state index contributed by atoms with van der Waals surface area (Å²) in [6.45, 7) is 6.19. The van der Waals surface area contributed by atoms with E-state index in [1.54, 1.807) is 6.08 Å². The molecule has 1 N–H and O–H groups in total. The standard InChI is InChI=1S/C24H24N4O2S/c1-16(2)19-8-6-18(7-9-19)14-21-23(30)28(20-10-4-17(3)5-11-20)24(27-21)31-15-22(29)26-13-12-25/h4-11,14,16H,13,15H2,1-3H3,(H,26,29)/b21-14-. The quantitative estimate of drug-likeness (QED) is 0.547. The van der Waals surface area contributed by atoms with Gasteiger partial charge in [-0.15, -0.1) is 0 Å². The molecule has 3 rings (SSSR count). The van der Waals surface area contributed by atoms with Gasteiger partial charge in [-0.1, -0.05) is 67.6 Å². The lowest BCUT2D eigenvalue weighted by Gasteiger charge is -2.17. The lowest BCUT2D eigenvalue weighted by Crippen LogP contribution is -2.32. The molecule has 0 fully saturated rings. The Hall–Kier alpha value is -3.37. The van der Waals surface area contributed by atoms with Crippen LogP contribution in [-0.4, -0.2) is 29.3 Å². The largest absolute Gasteiger partial charge is 0.342 e. The lowest BCUT2D eigenvalue weighted by atomic mass is 10.0. The maximum absolute atomic E-state index is 13.2. The number of thioether (sulfide) groups is 1. The van der Waals surface area contributed by atoms with E-state index in [9.17, 15) is 9.59 Å². The Morgan fingerprint density at radius 3 is 2.48 bits per heavy atom. The molecule has 0 saturated carbocycles. The summed E-state index contributed by atoms with van der Waals surface area (Å²) in [5, 5.41) is 11.5. The SMILES string of the molecule is Cc1ccc(N2C(=O)/C(=C/c3ccc(C(C)C)cc3)N=C2SCC(=O)NCC#N)cc1. The molecule has 0 atom stereocenters. The van der Waals surface area contributed by atoms with E-state index < -0.39 is 0 Å². The molecule has 1 aliphatic heterocycles. The highest BCUT2D eigenvalue weighted by Gasteiger charge is 2.32. The van der Waals surface area contributed by atoms with Crippen LogP contribution in [0.4, 0.5) is 5.69 Å². The van der Waals surface area contributed by atoms with E-state index in [0.717, 1.165) is 11.1 Å². The smallest absolute Gasteiger partial charge is 0.283 e. The van der Waals surface area contributed by atoms with Crippen LogP contribution in [-0.2, 0) is 9.59 Å². The van der Waals surface area contributed by atoms with Crippen LogP contribution in [0, 0.1) is 18.3 Å². The Balaban J connectivity index is 1.88. The van der Waals surface area contributed by atoms with Gasteiger partial charge in [0.1, 0.15) is 12.2 Å². The van der Waals surface area contributed by atoms with Crippen molar-refractivity contribution in [3.8, 4) is 6.07 Å². The minimum Gasteiger partial charge on any atom is -0.342 e. The first-order chi connectivity index (χ1) is 14.9. The van der Waals surface area contributed by atoms with Crippen LogP contribution >= 0.6 is 11.8 Å². The molecular formula is C24H24N4O2S. The zero-order chi connectivity index (χ0) is 22.4. The van der Waals surface area contributed by atoms with Crippen LogP contribution in [0.5, 0.6) is 0 Å². The number of carbonyl (C=O) groups excluding carboxylic acids is 2. The van der Waals surface area contributed by atoms with E-state index in [2.05, 4.69) is 24.2 Å². The number of anilines is 1. The molecule has 0 radical (unpaired) electrons. The first-order valence-corrected chi connectivity index (χ1v) is 11.0. The van der Waals surface area contributed by atoms with E-state index in [1.165, 1.54) is 22.2 Å². The first-order valence-electron chi connectivity index (χ1n) is 9.97. The normalized spacial score (nSPS) is 14.7. The highest BCUT2D eigenvalue weighted by atomic mass is 32.2. The fraction of sp³-hybridized carbons (Fsp3) is 0.250. The zero-order valence-electron chi connectivity index (χ0n) is 17.8. The molecule has 0 saturated heterocycles. The van der Waals surface area contributed by atoms with E-state index in [-0.39, 0.29) is 24.1 Å². The maximum atomic E-state index is 13.2. The second-order valence-electron chi connectivity index (χ2n) is 7.44. The molecule has 2 aromatic rings. The Bertz CT molecular complexity index is 1060. The maximum Gasteiger partial charge on any atom is 0.283 e. The van der Waals surface area contributed by atoms with Crippen LogP contribution in [0.15, 0.2) is 59.2 Å². The van der Waals surface area contributed by atoms with Gasteiger partial charge in [0.25, 0.3) is 5.91 Å². The molecule has 0 spiro atoms. The van der Waals surface area contributed by atoms with Crippen LogP contribution in [0.2, 0.25) is 0 Å². The number of aryl methyl sites for hydroxylation is 1. The minimum atomic E-state index is -0.285. The van der Waals surface area contributed by atoms with Crippen molar-refractivity contribution in [3.05, 3.63) is 70.9 Å². The number of nitrogens with zero attached hydrogens (tertiary/aromatic N) is 3. The molecule has 7 heteroatoms. The Labute approximate surface area is 186 Å². The topological polar surface area (TPSA) is 85.6 Å². The van der Waals surface area contributed by atoms with Crippen molar-refractivity contribution in [2.45, 2.75) is 26.7 Å². The molecule has 0 aromatic heterocycles. The number of rotatable bonds is 6. The zero-order valence-corrected chi connectivity index (χ0v) is 18.6. The summed E-state index contributed by atoms with van der Waals surface area (Å²) in [6, 6.07) is 17.5. The predicted molar refractivity (Wildman–Crippen MR) is 126 cm³/mol. The Kier molecular flexibility index (Phi) is 7.27. The molecule has 31 heavy (non-hydrogen) atoms. The third-order valence-corrected chi connectivity index (χ3v) is 5.66. The van der Waals surface area contributed by atoms with Crippen LogP contribution in [0.3, 0.4) is 0 Å².